The quantitative estimate of drug-likeness (QED) is 0.289. The van der Waals surface area contributed by atoms with Crippen molar-refractivity contribution in [2.45, 2.75) is 13.1 Å². The number of halogens is 1. The molecule has 0 bridgehead atoms. The Labute approximate surface area is 176 Å². The fraction of sp³-hybridized carbons (Fsp3) is 0.200. The molecule has 3 rings (SSSR count). The molecule has 0 fully saturated rings. The Kier molecular flexibility index (Phi) is 8.12. The number of nitrogens with one attached hydrogen (secondary N) is 3. The molecule has 0 spiro atoms. The second-order valence-corrected chi connectivity index (χ2v) is 5.74. The number of aliphatic imine (C=N–C) groups is 1. The predicted molar refractivity (Wildman–Crippen MR) is 119 cm³/mol. The van der Waals surface area contributed by atoms with E-state index in [0.717, 1.165) is 28.4 Å². The van der Waals surface area contributed by atoms with Crippen LogP contribution in [0.4, 0.5) is 0 Å². The fourth-order valence-corrected chi connectivity index (χ4v) is 2.57. The first-order valence-corrected chi connectivity index (χ1v) is 8.45. The van der Waals surface area contributed by atoms with Gasteiger partial charge in [-0.3, -0.25) is 4.99 Å². The normalized spacial score (nSPS) is 10.8. The minimum Gasteiger partial charge on any atom is -0.497 e. The number of ether oxygens (including phenoxy) is 1. The summed E-state index contributed by atoms with van der Waals surface area (Å²) in [4.78, 5) is 12.0. The van der Waals surface area contributed by atoms with E-state index in [1.54, 1.807) is 14.2 Å². The van der Waals surface area contributed by atoms with Gasteiger partial charge in [-0.15, -0.1) is 24.0 Å². The summed E-state index contributed by atoms with van der Waals surface area (Å²) in [5, 5.41) is 6.55. The number of guanidine groups is 1. The molecular formula is C20H24IN5O. The van der Waals surface area contributed by atoms with Crippen LogP contribution in [-0.2, 0) is 13.1 Å². The van der Waals surface area contributed by atoms with E-state index in [2.05, 4.69) is 37.7 Å². The molecule has 27 heavy (non-hydrogen) atoms. The van der Waals surface area contributed by atoms with Crippen molar-refractivity contribution in [3.05, 3.63) is 72.2 Å². The van der Waals surface area contributed by atoms with Crippen LogP contribution >= 0.6 is 24.0 Å². The number of benzene rings is 2. The van der Waals surface area contributed by atoms with Crippen molar-refractivity contribution in [3.8, 4) is 17.0 Å². The molecular weight excluding hydrogens is 453 g/mol. The van der Waals surface area contributed by atoms with Crippen LogP contribution in [0.25, 0.3) is 11.3 Å². The highest BCUT2D eigenvalue weighted by molar-refractivity contribution is 14.0. The summed E-state index contributed by atoms with van der Waals surface area (Å²) in [6.45, 7) is 1.22. The Hall–Kier alpha value is -2.55. The van der Waals surface area contributed by atoms with Crippen molar-refractivity contribution in [3.63, 3.8) is 0 Å². The van der Waals surface area contributed by atoms with E-state index < -0.39 is 0 Å². The van der Waals surface area contributed by atoms with Gasteiger partial charge < -0.3 is 20.4 Å². The second kappa shape index (κ2) is 10.6. The van der Waals surface area contributed by atoms with Gasteiger partial charge in [0.2, 0.25) is 0 Å². The van der Waals surface area contributed by atoms with Crippen molar-refractivity contribution in [1.29, 1.82) is 0 Å². The van der Waals surface area contributed by atoms with Gasteiger partial charge in [-0.1, -0.05) is 42.5 Å². The molecule has 0 aliphatic carbocycles. The molecule has 2 aromatic carbocycles. The third-order valence-corrected chi connectivity index (χ3v) is 3.95. The fourth-order valence-electron chi connectivity index (χ4n) is 2.57. The number of aromatic amines is 1. The Morgan fingerprint density at radius 2 is 1.85 bits per heavy atom. The second-order valence-electron chi connectivity index (χ2n) is 5.74. The number of methoxy groups -OCH3 is 1. The highest BCUT2D eigenvalue weighted by Crippen LogP contribution is 2.16. The van der Waals surface area contributed by atoms with Gasteiger partial charge in [-0.05, 0) is 23.3 Å². The molecule has 7 heteroatoms. The largest absolute Gasteiger partial charge is 0.497 e. The van der Waals surface area contributed by atoms with Crippen molar-refractivity contribution in [2.24, 2.45) is 4.99 Å². The van der Waals surface area contributed by atoms with E-state index in [-0.39, 0.29) is 24.0 Å². The molecule has 3 N–H and O–H groups in total. The maximum Gasteiger partial charge on any atom is 0.191 e. The molecule has 0 aliphatic rings. The van der Waals surface area contributed by atoms with Crippen molar-refractivity contribution in [2.75, 3.05) is 14.2 Å². The van der Waals surface area contributed by atoms with E-state index in [0.29, 0.717) is 19.0 Å². The molecule has 0 radical (unpaired) electrons. The Morgan fingerprint density at radius 3 is 2.59 bits per heavy atom. The van der Waals surface area contributed by atoms with E-state index in [9.17, 15) is 0 Å². The van der Waals surface area contributed by atoms with Crippen LogP contribution in [0.1, 0.15) is 11.4 Å². The molecule has 142 valence electrons. The van der Waals surface area contributed by atoms with Crippen molar-refractivity contribution >= 4 is 29.9 Å². The molecule has 3 aromatic rings. The van der Waals surface area contributed by atoms with Gasteiger partial charge in [-0.2, -0.15) is 0 Å². The van der Waals surface area contributed by atoms with E-state index in [4.69, 9.17) is 4.74 Å². The monoisotopic (exact) mass is 477 g/mol. The Bertz CT molecular complexity index is 864. The lowest BCUT2D eigenvalue weighted by Gasteiger charge is -2.11. The lowest BCUT2D eigenvalue weighted by molar-refractivity contribution is 0.414. The van der Waals surface area contributed by atoms with Crippen LogP contribution in [0.15, 0.2) is 65.8 Å². The number of hydrogen-bond donors (Lipinski definition) is 3. The number of imidazole rings is 1. The third-order valence-electron chi connectivity index (χ3n) is 3.95. The molecule has 0 atom stereocenters. The van der Waals surface area contributed by atoms with Crippen LogP contribution in [-0.4, -0.2) is 30.1 Å². The average molecular weight is 477 g/mol. The summed E-state index contributed by atoms with van der Waals surface area (Å²) in [5.41, 5.74) is 3.24. The molecule has 0 saturated carbocycles. The SMILES string of the molecule is CN=C(NCc1cccc(OC)c1)NCc1ncc(-c2ccccc2)[nH]1.I. The maximum absolute atomic E-state index is 5.25. The molecule has 0 amide bonds. The van der Waals surface area contributed by atoms with Crippen LogP contribution in [0, 0.1) is 0 Å². The minimum atomic E-state index is 0. The lowest BCUT2D eigenvalue weighted by atomic mass is 10.2. The van der Waals surface area contributed by atoms with Crippen molar-refractivity contribution < 1.29 is 4.74 Å². The zero-order valence-corrected chi connectivity index (χ0v) is 17.7. The molecule has 0 aliphatic heterocycles. The summed E-state index contributed by atoms with van der Waals surface area (Å²) >= 11 is 0. The summed E-state index contributed by atoms with van der Waals surface area (Å²) < 4.78 is 5.25. The molecule has 0 unspecified atom stereocenters. The molecule has 1 heterocycles. The molecule has 1 aromatic heterocycles. The van der Waals surface area contributed by atoms with Gasteiger partial charge in [-0.25, -0.2) is 4.98 Å². The van der Waals surface area contributed by atoms with Crippen LogP contribution < -0.4 is 15.4 Å². The minimum absolute atomic E-state index is 0. The van der Waals surface area contributed by atoms with Crippen LogP contribution in [0.3, 0.4) is 0 Å². The topological polar surface area (TPSA) is 74.3 Å². The summed E-state index contributed by atoms with van der Waals surface area (Å²) in [7, 11) is 3.42. The standard InChI is InChI=1S/C20H23N5O.HI/c1-21-20(23-12-15-7-6-10-17(11-15)26-2)24-14-19-22-13-18(25-19)16-8-4-3-5-9-16;/h3-11,13H,12,14H2,1-2H3,(H,22,25)(H2,21,23,24);1H. The van der Waals surface area contributed by atoms with Gasteiger partial charge in [0.05, 0.1) is 25.5 Å². The van der Waals surface area contributed by atoms with Gasteiger partial charge >= 0.3 is 0 Å². The summed E-state index contributed by atoms with van der Waals surface area (Å²) in [6, 6.07) is 18.1. The van der Waals surface area contributed by atoms with Gasteiger partial charge in [0.25, 0.3) is 0 Å². The van der Waals surface area contributed by atoms with E-state index in [1.807, 2.05) is 48.7 Å². The Morgan fingerprint density at radius 1 is 1.07 bits per heavy atom. The first-order valence-electron chi connectivity index (χ1n) is 8.45. The van der Waals surface area contributed by atoms with Gasteiger partial charge in [0.1, 0.15) is 11.6 Å². The van der Waals surface area contributed by atoms with E-state index in [1.165, 1.54) is 0 Å². The first kappa shape index (κ1) is 20.8. The van der Waals surface area contributed by atoms with Crippen LogP contribution in [0.2, 0.25) is 0 Å². The predicted octanol–water partition coefficient (Wildman–Crippen LogP) is 3.57. The maximum atomic E-state index is 5.25. The zero-order valence-electron chi connectivity index (χ0n) is 15.4. The van der Waals surface area contributed by atoms with Gasteiger partial charge in [0.15, 0.2) is 5.96 Å². The average Bonchev–Trinajstić information content (AvgIpc) is 3.18. The van der Waals surface area contributed by atoms with Crippen LogP contribution in [0.5, 0.6) is 5.75 Å². The highest BCUT2D eigenvalue weighted by Gasteiger charge is 2.04. The number of H-pyrrole nitrogens is 1. The Balaban J connectivity index is 0.00000261. The summed E-state index contributed by atoms with van der Waals surface area (Å²) in [6.07, 6.45) is 1.85. The first-order chi connectivity index (χ1) is 12.8. The number of hydrogen-bond acceptors (Lipinski definition) is 3. The highest BCUT2D eigenvalue weighted by atomic mass is 127. The lowest BCUT2D eigenvalue weighted by Crippen LogP contribution is -2.36. The molecule has 0 saturated heterocycles. The zero-order chi connectivity index (χ0) is 18.2. The number of nitrogens with zero attached hydrogens (tertiary/aromatic N) is 2. The number of aromatic nitrogens is 2. The van der Waals surface area contributed by atoms with Gasteiger partial charge in [0, 0.05) is 13.6 Å². The summed E-state index contributed by atoms with van der Waals surface area (Å²) in [5.74, 6) is 2.41. The third kappa shape index (κ3) is 5.99. The van der Waals surface area contributed by atoms with E-state index >= 15 is 0 Å². The number of rotatable bonds is 6. The van der Waals surface area contributed by atoms with Crippen molar-refractivity contribution in [1.82, 2.24) is 20.6 Å². The molecule has 6 nitrogen and oxygen atoms in total. The smallest absolute Gasteiger partial charge is 0.191 e.